The Morgan fingerprint density at radius 2 is 2.12 bits per heavy atom. The molecule has 1 nitrogen and oxygen atoms in total. The van der Waals surface area contributed by atoms with Crippen molar-refractivity contribution in [3.63, 3.8) is 0 Å². The summed E-state index contributed by atoms with van der Waals surface area (Å²) in [5, 5.41) is 4.20. The summed E-state index contributed by atoms with van der Waals surface area (Å²) in [4.78, 5) is 1.40. The van der Waals surface area contributed by atoms with E-state index in [1.54, 1.807) is 0 Å². The van der Waals surface area contributed by atoms with E-state index in [2.05, 4.69) is 46.4 Å². The summed E-state index contributed by atoms with van der Waals surface area (Å²) in [6.07, 6.45) is 5.59. The highest BCUT2D eigenvalue weighted by Crippen LogP contribution is 2.38. The average Bonchev–Trinajstić information content (AvgIpc) is 2.82. The lowest BCUT2D eigenvalue weighted by molar-refractivity contribution is 0.726. The quantitative estimate of drug-likeness (QED) is 0.853. The zero-order valence-corrected chi connectivity index (χ0v) is 12.7. The van der Waals surface area contributed by atoms with E-state index in [4.69, 9.17) is 0 Å². The van der Waals surface area contributed by atoms with Crippen molar-refractivity contribution in [3.05, 3.63) is 28.2 Å². The van der Waals surface area contributed by atoms with Crippen LogP contribution in [0, 0.1) is 0 Å². The highest BCUT2D eigenvalue weighted by molar-refractivity contribution is 9.10. The molecule has 1 aromatic carbocycles. The van der Waals surface area contributed by atoms with Gasteiger partial charge in [-0.2, -0.15) is 0 Å². The highest BCUT2D eigenvalue weighted by atomic mass is 79.9. The first-order chi connectivity index (χ1) is 8.29. The van der Waals surface area contributed by atoms with E-state index in [0.29, 0.717) is 0 Å². The maximum Gasteiger partial charge on any atom is 0.0314 e. The van der Waals surface area contributed by atoms with Gasteiger partial charge >= 0.3 is 0 Å². The van der Waals surface area contributed by atoms with Crippen LogP contribution in [0.25, 0.3) is 0 Å². The number of hydrogen-bond acceptors (Lipinski definition) is 2. The number of hydrogen-bond donors (Lipinski definition) is 1. The molecular weight excluding hydrogens is 294 g/mol. The Labute approximate surface area is 117 Å². The molecule has 94 valence electrons. The number of rotatable bonds is 5. The van der Waals surface area contributed by atoms with Crippen LogP contribution < -0.4 is 5.32 Å². The van der Waals surface area contributed by atoms with Gasteiger partial charge in [0.2, 0.25) is 0 Å². The van der Waals surface area contributed by atoms with Crippen LogP contribution in [-0.4, -0.2) is 11.8 Å². The topological polar surface area (TPSA) is 12.0 Å². The van der Waals surface area contributed by atoms with E-state index >= 15 is 0 Å². The lowest BCUT2D eigenvalue weighted by atomic mass is 10.2. The van der Waals surface area contributed by atoms with Gasteiger partial charge in [-0.3, -0.25) is 0 Å². The number of benzene rings is 1. The van der Waals surface area contributed by atoms with Crippen LogP contribution in [-0.2, 0) is 6.54 Å². The molecule has 0 aromatic heterocycles. The van der Waals surface area contributed by atoms with Crippen molar-refractivity contribution >= 4 is 27.7 Å². The zero-order valence-electron chi connectivity index (χ0n) is 10.3. The molecule has 1 fully saturated rings. The monoisotopic (exact) mass is 313 g/mol. The summed E-state index contributed by atoms with van der Waals surface area (Å²) in [7, 11) is 0. The van der Waals surface area contributed by atoms with Crippen molar-refractivity contribution in [2.45, 2.75) is 49.3 Å². The molecule has 1 aliphatic rings. The fourth-order valence-electron chi connectivity index (χ4n) is 2.20. The Balaban J connectivity index is 1.98. The van der Waals surface area contributed by atoms with Crippen LogP contribution in [0.3, 0.4) is 0 Å². The Bertz CT molecular complexity index is 361. The molecular formula is C14H20BrNS. The smallest absolute Gasteiger partial charge is 0.0314 e. The van der Waals surface area contributed by atoms with Crippen LogP contribution in [0.5, 0.6) is 0 Å². The van der Waals surface area contributed by atoms with Crippen molar-refractivity contribution in [1.82, 2.24) is 5.32 Å². The van der Waals surface area contributed by atoms with E-state index < -0.39 is 0 Å². The molecule has 0 aliphatic heterocycles. The minimum absolute atomic E-state index is 0.839. The van der Waals surface area contributed by atoms with Crippen molar-refractivity contribution in [2.75, 3.05) is 6.54 Å². The molecule has 0 spiro atoms. The molecule has 0 saturated heterocycles. The van der Waals surface area contributed by atoms with Gasteiger partial charge < -0.3 is 5.32 Å². The molecule has 0 unspecified atom stereocenters. The van der Waals surface area contributed by atoms with Gasteiger partial charge in [-0.1, -0.05) is 25.8 Å². The first kappa shape index (κ1) is 13.4. The standard InChI is InChI=1S/C14H20BrNS/c1-2-16-10-11-7-8-14(13(15)9-11)17-12-5-3-4-6-12/h7-9,12,16H,2-6,10H2,1H3. The van der Waals surface area contributed by atoms with Crippen molar-refractivity contribution < 1.29 is 0 Å². The van der Waals surface area contributed by atoms with E-state index in [1.165, 1.54) is 40.6 Å². The number of nitrogens with one attached hydrogen (secondary N) is 1. The van der Waals surface area contributed by atoms with Gasteiger partial charge in [0.05, 0.1) is 0 Å². The van der Waals surface area contributed by atoms with Crippen molar-refractivity contribution in [2.24, 2.45) is 0 Å². The van der Waals surface area contributed by atoms with E-state index in [-0.39, 0.29) is 0 Å². The first-order valence-electron chi connectivity index (χ1n) is 6.45. The van der Waals surface area contributed by atoms with Crippen LogP contribution in [0.1, 0.15) is 38.2 Å². The Hall–Kier alpha value is 0.01000. The van der Waals surface area contributed by atoms with Crippen molar-refractivity contribution in [1.29, 1.82) is 0 Å². The maximum absolute atomic E-state index is 3.70. The molecule has 1 N–H and O–H groups in total. The van der Waals surface area contributed by atoms with Gasteiger partial charge in [-0.05, 0) is 53.0 Å². The largest absolute Gasteiger partial charge is 0.313 e. The van der Waals surface area contributed by atoms with Crippen LogP contribution in [0.15, 0.2) is 27.6 Å². The third-order valence-corrected chi connectivity index (χ3v) is 5.50. The summed E-state index contributed by atoms with van der Waals surface area (Å²) in [5.74, 6) is 0. The minimum atomic E-state index is 0.839. The summed E-state index contributed by atoms with van der Waals surface area (Å²) < 4.78 is 1.25. The lowest BCUT2D eigenvalue weighted by Crippen LogP contribution is -2.11. The second kappa shape index (κ2) is 6.81. The molecule has 0 radical (unpaired) electrons. The van der Waals surface area contributed by atoms with Crippen LogP contribution >= 0.6 is 27.7 Å². The summed E-state index contributed by atoms with van der Waals surface area (Å²) in [6.45, 7) is 4.12. The fourth-order valence-corrected chi connectivity index (χ4v) is 4.16. The van der Waals surface area contributed by atoms with Crippen LogP contribution in [0.4, 0.5) is 0 Å². The van der Waals surface area contributed by atoms with E-state index in [0.717, 1.165) is 18.3 Å². The second-order valence-electron chi connectivity index (χ2n) is 4.57. The SMILES string of the molecule is CCNCc1ccc(SC2CCCC2)c(Br)c1. The normalized spacial score (nSPS) is 16.6. The predicted octanol–water partition coefficient (Wildman–Crippen LogP) is 4.59. The van der Waals surface area contributed by atoms with Gasteiger partial charge in [0.25, 0.3) is 0 Å². The minimum Gasteiger partial charge on any atom is -0.313 e. The van der Waals surface area contributed by atoms with Gasteiger partial charge in [0.15, 0.2) is 0 Å². The predicted molar refractivity (Wildman–Crippen MR) is 79.6 cm³/mol. The summed E-state index contributed by atoms with van der Waals surface area (Å²) in [6, 6.07) is 6.75. The second-order valence-corrected chi connectivity index (χ2v) is 6.77. The highest BCUT2D eigenvalue weighted by Gasteiger charge is 2.17. The van der Waals surface area contributed by atoms with Gasteiger partial charge in [-0.15, -0.1) is 11.8 Å². The molecule has 1 aliphatic carbocycles. The summed E-state index contributed by atoms with van der Waals surface area (Å²) >= 11 is 5.74. The average molecular weight is 314 g/mol. The molecule has 3 heteroatoms. The molecule has 0 heterocycles. The van der Waals surface area contributed by atoms with Crippen molar-refractivity contribution in [3.8, 4) is 0 Å². The number of thioether (sulfide) groups is 1. The molecule has 1 aromatic rings. The fraction of sp³-hybridized carbons (Fsp3) is 0.571. The molecule has 0 atom stereocenters. The Morgan fingerprint density at radius 1 is 1.35 bits per heavy atom. The maximum atomic E-state index is 3.70. The third kappa shape index (κ3) is 4.01. The lowest BCUT2D eigenvalue weighted by Gasteiger charge is -2.11. The molecule has 0 bridgehead atoms. The van der Waals surface area contributed by atoms with E-state index in [9.17, 15) is 0 Å². The Kier molecular flexibility index (Phi) is 5.39. The van der Waals surface area contributed by atoms with Gasteiger partial charge in [-0.25, -0.2) is 0 Å². The van der Waals surface area contributed by atoms with Gasteiger partial charge in [0.1, 0.15) is 0 Å². The zero-order chi connectivity index (χ0) is 12.1. The molecule has 17 heavy (non-hydrogen) atoms. The molecule has 2 rings (SSSR count). The summed E-state index contributed by atoms with van der Waals surface area (Å²) in [5.41, 5.74) is 1.36. The first-order valence-corrected chi connectivity index (χ1v) is 8.12. The third-order valence-electron chi connectivity index (χ3n) is 3.17. The van der Waals surface area contributed by atoms with Gasteiger partial charge in [0, 0.05) is 21.2 Å². The number of halogens is 1. The Morgan fingerprint density at radius 3 is 2.76 bits per heavy atom. The van der Waals surface area contributed by atoms with Crippen LogP contribution in [0.2, 0.25) is 0 Å². The molecule has 0 amide bonds. The van der Waals surface area contributed by atoms with E-state index in [1.807, 2.05) is 11.8 Å². The molecule has 1 saturated carbocycles.